The van der Waals surface area contributed by atoms with Crippen molar-refractivity contribution in [3.05, 3.63) is 76.2 Å². The minimum absolute atomic E-state index is 0.268. The summed E-state index contributed by atoms with van der Waals surface area (Å²) >= 11 is 1.52. The molecule has 0 bridgehead atoms. The number of aryl methyl sites for hydroxylation is 1. The first-order valence-corrected chi connectivity index (χ1v) is 9.02. The monoisotopic (exact) mass is 365 g/mol. The molecule has 1 N–H and O–H groups in total. The van der Waals surface area contributed by atoms with E-state index in [1.807, 2.05) is 25.1 Å². The first-order chi connectivity index (χ1) is 12.6. The lowest BCUT2D eigenvalue weighted by Crippen LogP contribution is -2.07. The van der Waals surface area contributed by atoms with Crippen molar-refractivity contribution in [2.75, 3.05) is 0 Å². The molecule has 4 nitrogen and oxygen atoms in total. The Balaban J connectivity index is 1.83. The maximum absolute atomic E-state index is 14.3. The van der Waals surface area contributed by atoms with Crippen LogP contribution in [0.4, 0.5) is 4.39 Å². The van der Waals surface area contributed by atoms with Crippen molar-refractivity contribution in [3.63, 3.8) is 0 Å². The van der Waals surface area contributed by atoms with E-state index in [4.69, 9.17) is 0 Å². The fraction of sp³-hybridized carbons (Fsp3) is 0.150. The lowest BCUT2D eigenvalue weighted by atomic mass is 9.97. The van der Waals surface area contributed by atoms with Gasteiger partial charge in [-0.05, 0) is 36.8 Å². The van der Waals surface area contributed by atoms with E-state index in [0.29, 0.717) is 12.0 Å². The van der Waals surface area contributed by atoms with Gasteiger partial charge in [-0.25, -0.2) is 4.39 Å². The molecule has 0 spiro atoms. The van der Waals surface area contributed by atoms with Crippen molar-refractivity contribution < 1.29 is 9.50 Å². The van der Waals surface area contributed by atoms with Crippen molar-refractivity contribution >= 4 is 23.3 Å². The molecule has 0 radical (unpaired) electrons. The second-order valence-corrected chi connectivity index (χ2v) is 7.16. The highest BCUT2D eigenvalue weighted by atomic mass is 32.1. The number of pyridine rings is 1. The minimum Gasteiger partial charge on any atom is -0.383 e. The van der Waals surface area contributed by atoms with Crippen molar-refractivity contribution in [2.45, 2.75) is 19.4 Å². The van der Waals surface area contributed by atoms with Crippen molar-refractivity contribution in [2.24, 2.45) is 10.2 Å². The van der Waals surface area contributed by atoms with Crippen molar-refractivity contribution in [1.29, 1.82) is 0 Å². The number of thiophene rings is 1. The highest BCUT2D eigenvalue weighted by Crippen LogP contribution is 2.38. The van der Waals surface area contributed by atoms with Crippen LogP contribution in [0.2, 0.25) is 0 Å². The van der Waals surface area contributed by atoms with E-state index in [-0.39, 0.29) is 5.56 Å². The molecule has 0 saturated heterocycles. The molecular formula is C20H16FN3OS. The normalized spacial score (nSPS) is 14.5. The molecule has 4 rings (SSSR count). The van der Waals surface area contributed by atoms with Gasteiger partial charge in [0.1, 0.15) is 11.9 Å². The van der Waals surface area contributed by atoms with Gasteiger partial charge < -0.3 is 5.11 Å². The Morgan fingerprint density at radius 2 is 1.92 bits per heavy atom. The number of nitrogens with zero attached hydrogens (tertiary/aromatic N) is 3. The molecule has 1 aliphatic rings. The fourth-order valence-corrected chi connectivity index (χ4v) is 4.14. The lowest BCUT2D eigenvalue weighted by molar-refractivity contribution is 0.215. The van der Waals surface area contributed by atoms with E-state index in [0.717, 1.165) is 26.6 Å². The number of benzene rings is 1. The van der Waals surface area contributed by atoms with Gasteiger partial charge in [0, 0.05) is 41.0 Å². The molecule has 2 aromatic heterocycles. The van der Waals surface area contributed by atoms with Crippen LogP contribution in [0, 0.1) is 12.7 Å². The average Bonchev–Trinajstić information content (AvgIpc) is 3.33. The Labute approximate surface area is 154 Å². The summed E-state index contributed by atoms with van der Waals surface area (Å²) in [7, 11) is 0. The summed E-state index contributed by atoms with van der Waals surface area (Å²) in [4.78, 5) is 5.85. The second kappa shape index (κ2) is 6.90. The first kappa shape index (κ1) is 16.8. The SMILES string of the molecule is Cc1ccc(F)c(C(O)c2cc(-c3ccncc3)sc2C2=NN=CC2)c1. The maximum Gasteiger partial charge on any atom is 0.129 e. The van der Waals surface area contributed by atoms with E-state index in [1.165, 1.54) is 17.4 Å². The van der Waals surface area contributed by atoms with Crippen molar-refractivity contribution in [3.8, 4) is 10.4 Å². The van der Waals surface area contributed by atoms with Crippen LogP contribution in [0.15, 0.2) is 59.0 Å². The maximum atomic E-state index is 14.3. The van der Waals surface area contributed by atoms with Crippen LogP contribution in [0.3, 0.4) is 0 Å². The van der Waals surface area contributed by atoms with Crippen molar-refractivity contribution in [1.82, 2.24) is 4.98 Å². The van der Waals surface area contributed by atoms with Crippen LogP contribution in [-0.4, -0.2) is 22.0 Å². The van der Waals surface area contributed by atoms with Crippen LogP contribution < -0.4 is 0 Å². The Bertz CT molecular complexity index is 1010. The van der Waals surface area contributed by atoms with E-state index < -0.39 is 11.9 Å². The van der Waals surface area contributed by atoms with Gasteiger partial charge in [0.2, 0.25) is 0 Å². The molecule has 1 atom stereocenters. The third-order valence-corrected chi connectivity index (χ3v) is 5.52. The zero-order valence-electron chi connectivity index (χ0n) is 14.1. The van der Waals surface area contributed by atoms with Gasteiger partial charge >= 0.3 is 0 Å². The number of aliphatic hydroxyl groups excluding tert-OH is 1. The highest BCUT2D eigenvalue weighted by Gasteiger charge is 2.25. The molecule has 1 aliphatic heterocycles. The van der Waals surface area contributed by atoms with Crippen LogP contribution in [0.1, 0.15) is 34.1 Å². The van der Waals surface area contributed by atoms with Crippen LogP contribution in [0.25, 0.3) is 10.4 Å². The zero-order chi connectivity index (χ0) is 18.1. The summed E-state index contributed by atoms with van der Waals surface area (Å²) in [5, 5.41) is 19.1. The quantitative estimate of drug-likeness (QED) is 0.739. The Morgan fingerprint density at radius 1 is 1.12 bits per heavy atom. The summed E-state index contributed by atoms with van der Waals surface area (Å²) in [5.41, 5.74) is 3.60. The summed E-state index contributed by atoms with van der Waals surface area (Å²) in [5.74, 6) is -0.421. The smallest absolute Gasteiger partial charge is 0.129 e. The van der Waals surface area contributed by atoms with E-state index in [1.54, 1.807) is 30.7 Å². The largest absolute Gasteiger partial charge is 0.383 e. The third-order valence-electron chi connectivity index (χ3n) is 4.27. The molecule has 3 aromatic rings. The number of aliphatic hydroxyl groups is 1. The Morgan fingerprint density at radius 3 is 2.65 bits per heavy atom. The lowest BCUT2D eigenvalue weighted by Gasteiger charge is -2.13. The number of hydrogen-bond acceptors (Lipinski definition) is 5. The molecule has 3 heterocycles. The Kier molecular flexibility index (Phi) is 4.44. The topological polar surface area (TPSA) is 57.8 Å². The van der Waals surface area contributed by atoms with Crippen LogP contribution >= 0.6 is 11.3 Å². The molecule has 1 unspecified atom stereocenters. The molecular weight excluding hydrogens is 349 g/mol. The van der Waals surface area contributed by atoms with Gasteiger partial charge in [0.25, 0.3) is 0 Å². The summed E-state index contributed by atoms with van der Waals surface area (Å²) < 4.78 is 14.3. The van der Waals surface area contributed by atoms with Crippen LogP contribution in [-0.2, 0) is 0 Å². The summed E-state index contributed by atoms with van der Waals surface area (Å²) in [6.07, 6.45) is 4.71. The van der Waals surface area contributed by atoms with Gasteiger partial charge in [-0.3, -0.25) is 4.98 Å². The fourth-order valence-electron chi connectivity index (χ4n) is 2.95. The molecule has 0 aliphatic carbocycles. The molecule has 130 valence electrons. The standard InChI is InChI=1S/C20H16FN3OS/c1-12-2-3-16(21)14(10-12)19(25)15-11-18(13-4-7-22-8-5-13)26-20(15)17-6-9-23-24-17/h2-5,7-11,19,25H,6H2,1H3. The van der Waals surface area contributed by atoms with E-state index in [2.05, 4.69) is 15.2 Å². The number of rotatable bonds is 4. The van der Waals surface area contributed by atoms with Gasteiger partial charge in [0.15, 0.2) is 0 Å². The molecule has 0 saturated carbocycles. The molecule has 6 heteroatoms. The number of aromatic nitrogens is 1. The molecule has 0 fully saturated rings. The number of hydrogen-bond donors (Lipinski definition) is 1. The van der Waals surface area contributed by atoms with Gasteiger partial charge in [0.05, 0.1) is 10.6 Å². The second-order valence-electron chi connectivity index (χ2n) is 6.11. The highest BCUT2D eigenvalue weighted by molar-refractivity contribution is 7.17. The van der Waals surface area contributed by atoms with Gasteiger partial charge in [-0.15, -0.1) is 11.3 Å². The average molecular weight is 365 g/mol. The molecule has 1 aromatic carbocycles. The predicted octanol–water partition coefficient (Wildman–Crippen LogP) is 4.52. The minimum atomic E-state index is -1.07. The van der Waals surface area contributed by atoms with Gasteiger partial charge in [-0.2, -0.15) is 10.2 Å². The molecule has 26 heavy (non-hydrogen) atoms. The van der Waals surface area contributed by atoms with E-state index in [9.17, 15) is 9.50 Å². The summed E-state index contributed by atoms with van der Waals surface area (Å²) in [6.45, 7) is 1.88. The van der Waals surface area contributed by atoms with Gasteiger partial charge in [-0.1, -0.05) is 17.7 Å². The van der Waals surface area contributed by atoms with Crippen LogP contribution in [0.5, 0.6) is 0 Å². The summed E-state index contributed by atoms with van der Waals surface area (Å²) in [6, 6.07) is 10.5. The first-order valence-electron chi connectivity index (χ1n) is 8.20. The predicted molar refractivity (Wildman–Crippen MR) is 102 cm³/mol. The zero-order valence-corrected chi connectivity index (χ0v) is 14.9. The molecule has 0 amide bonds. The van der Waals surface area contributed by atoms with E-state index >= 15 is 0 Å². The third kappa shape index (κ3) is 3.09. The number of halogens is 1. The Hall–Kier alpha value is -2.70.